The topological polar surface area (TPSA) is 78.5 Å². The lowest BCUT2D eigenvalue weighted by Crippen LogP contribution is -2.27. The molecule has 1 aromatic carbocycles. The van der Waals surface area contributed by atoms with Crippen molar-refractivity contribution in [1.29, 1.82) is 0 Å². The quantitative estimate of drug-likeness (QED) is 0.905. The molecule has 0 saturated heterocycles. The highest BCUT2D eigenvalue weighted by Crippen LogP contribution is 2.29. The van der Waals surface area contributed by atoms with E-state index in [1.807, 2.05) is 12.3 Å². The molecule has 2 N–H and O–H groups in total. The van der Waals surface area contributed by atoms with Gasteiger partial charge < -0.3 is 9.84 Å². The average molecular weight is 329 g/mol. The van der Waals surface area contributed by atoms with Crippen LogP contribution in [0.25, 0.3) is 0 Å². The molecule has 24 heavy (non-hydrogen) atoms. The zero-order valence-electron chi connectivity index (χ0n) is 14.3. The summed E-state index contributed by atoms with van der Waals surface area (Å²) in [6.45, 7) is 8.97. The van der Waals surface area contributed by atoms with Gasteiger partial charge in [-0.3, -0.25) is 10.00 Å². The van der Waals surface area contributed by atoms with Crippen molar-refractivity contribution in [3.63, 3.8) is 0 Å². The van der Waals surface area contributed by atoms with Gasteiger partial charge in [-0.1, -0.05) is 26.8 Å². The first-order valence-corrected chi connectivity index (χ1v) is 8.09. The first kappa shape index (κ1) is 16.5. The van der Waals surface area contributed by atoms with Crippen molar-refractivity contribution < 1.29 is 14.6 Å². The number of benzene rings is 1. The molecule has 0 radical (unpaired) electrons. The van der Waals surface area contributed by atoms with Gasteiger partial charge >= 0.3 is 5.97 Å². The van der Waals surface area contributed by atoms with Gasteiger partial charge in [-0.25, -0.2) is 4.79 Å². The highest BCUT2D eigenvalue weighted by Gasteiger charge is 2.24. The Morgan fingerprint density at radius 1 is 1.42 bits per heavy atom. The van der Waals surface area contributed by atoms with Crippen LogP contribution >= 0.6 is 0 Å². The van der Waals surface area contributed by atoms with Crippen LogP contribution in [0.5, 0.6) is 5.75 Å². The summed E-state index contributed by atoms with van der Waals surface area (Å²) in [4.78, 5) is 13.7. The molecular weight excluding hydrogens is 306 g/mol. The van der Waals surface area contributed by atoms with Gasteiger partial charge in [0.15, 0.2) is 0 Å². The van der Waals surface area contributed by atoms with E-state index in [1.54, 1.807) is 12.1 Å². The number of rotatable bonds is 3. The number of hydrogen-bond acceptors (Lipinski definition) is 4. The number of carboxylic acids is 1. The lowest BCUT2D eigenvalue weighted by Gasteiger charge is -2.23. The molecule has 0 spiro atoms. The van der Waals surface area contributed by atoms with Crippen LogP contribution in [0, 0.1) is 0 Å². The maximum absolute atomic E-state index is 11.5. The molecule has 2 aromatic rings. The number of nitrogens with zero attached hydrogens (tertiary/aromatic N) is 2. The second-order valence-corrected chi connectivity index (χ2v) is 7.17. The molecule has 6 nitrogen and oxygen atoms in total. The van der Waals surface area contributed by atoms with E-state index >= 15 is 0 Å². The number of hydrogen-bond donors (Lipinski definition) is 2. The van der Waals surface area contributed by atoms with E-state index in [1.165, 1.54) is 0 Å². The Hall–Kier alpha value is -2.34. The molecule has 1 aromatic heterocycles. The zero-order chi connectivity index (χ0) is 17.3. The minimum absolute atomic E-state index is 0.0156. The Labute approximate surface area is 141 Å². The standard InChI is InChI=1S/C18H23N3O3/c1-18(2,3)16-12(9-19-20-16)10-21-7-8-24-15-6-4-5-13(17(22)23)14(15)11-21/h4-6,9H,7-8,10-11H2,1-3H3,(H,19,20)(H,22,23). The maximum atomic E-state index is 11.5. The molecule has 1 aliphatic rings. The molecule has 0 unspecified atom stereocenters. The summed E-state index contributed by atoms with van der Waals surface area (Å²) in [5.74, 6) is -0.253. The Morgan fingerprint density at radius 2 is 2.21 bits per heavy atom. The molecule has 0 atom stereocenters. The number of aromatic amines is 1. The zero-order valence-corrected chi connectivity index (χ0v) is 14.3. The van der Waals surface area contributed by atoms with Crippen LogP contribution in [-0.2, 0) is 18.5 Å². The third-order valence-electron chi connectivity index (χ3n) is 4.27. The number of fused-ring (bicyclic) bond motifs is 1. The SMILES string of the molecule is CC(C)(C)c1[nH]ncc1CN1CCOc2cccc(C(=O)O)c2C1. The van der Waals surface area contributed by atoms with E-state index in [0.717, 1.165) is 23.4 Å². The van der Waals surface area contributed by atoms with E-state index in [-0.39, 0.29) is 5.41 Å². The smallest absolute Gasteiger partial charge is 0.336 e. The minimum Gasteiger partial charge on any atom is -0.492 e. The van der Waals surface area contributed by atoms with Gasteiger partial charge in [-0.15, -0.1) is 0 Å². The van der Waals surface area contributed by atoms with Gasteiger partial charge in [0.05, 0.1) is 11.8 Å². The summed E-state index contributed by atoms with van der Waals surface area (Å²) >= 11 is 0. The molecule has 0 bridgehead atoms. The molecular formula is C18H23N3O3. The van der Waals surface area contributed by atoms with E-state index in [0.29, 0.717) is 31.0 Å². The molecule has 3 rings (SSSR count). The lowest BCUT2D eigenvalue weighted by molar-refractivity contribution is 0.0694. The Balaban J connectivity index is 1.87. The molecule has 6 heteroatoms. The highest BCUT2D eigenvalue weighted by molar-refractivity contribution is 5.90. The fourth-order valence-electron chi connectivity index (χ4n) is 3.11. The summed E-state index contributed by atoms with van der Waals surface area (Å²) in [6, 6.07) is 5.20. The van der Waals surface area contributed by atoms with E-state index < -0.39 is 5.97 Å². The number of nitrogens with one attached hydrogen (secondary N) is 1. The fraction of sp³-hybridized carbons (Fsp3) is 0.444. The summed E-state index contributed by atoms with van der Waals surface area (Å²) in [5.41, 5.74) is 3.28. The third-order valence-corrected chi connectivity index (χ3v) is 4.27. The Morgan fingerprint density at radius 3 is 2.92 bits per heavy atom. The van der Waals surface area contributed by atoms with Gasteiger partial charge in [0.2, 0.25) is 0 Å². The average Bonchev–Trinajstić information content (AvgIpc) is 2.87. The summed E-state index contributed by atoms with van der Waals surface area (Å²) < 4.78 is 5.76. The van der Waals surface area contributed by atoms with Gasteiger partial charge in [-0.2, -0.15) is 5.10 Å². The van der Waals surface area contributed by atoms with Crippen molar-refractivity contribution in [3.05, 3.63) is 46.8 Å². The van der Waals surface area contributed by atoms with Crippen LogP contribution in [-0.4, -0.2) is 39.3 Å². The van der Waals surface area contributed by atoms with Crippen molar-refractivity contribution in [2.45, 2.75) is 39.3 Å². The van der Waals surface area contributed by atoms with Gasteiger partial charge in [0.25, 0.3) is 0 Å². The molecule has 0 saturated carbocycles. The van der Waals surface area contributed by atoms with Crippen LogP contribution in [0.15, 0.2) is 24.4 Å². The molecule has 2 heterocycles. The number of H-pyrrole nitrogens is 1. The normalized spacial score (nSPS) is 15.5. The van der Waals surface area contributed by atoms with Gasteiger partial charge in [0.1, 0.15) is 12.4 Å². The van der Waals surface area contributed by atoms with Crippen molar-refractivity contribution >= 4 is 5.97 Å². The Bertz CT molecular complexity index is 746. The van der Waals surface area contributed by atoms with Crippen LogP contribution in [0.4, 0.5) is 0 Å². The van der Waals surface area contributed by atoms with Crippen molar-refractivity contribution in [1.82, 2.24) is 15.1 Å². The molecule has 0 fully saturated rings. The second-order valence-electron chi connectivity index (χ2n) is 7.17. The largest absolute Gasteiger partial charge is 0.492 e. The van der Waals surface area contributed by atoms with Crippen molar-refractivity contribution in [2.24, 2.45) is 0 Å². The van der Waals surface area contributed by atoms with Crippen LogP contribution in [0.3, 0.4) is 0 Å². The summed E-state index contributed by atoms with van der Waals surface area (Å²) in [5, 5.41) is 16.7. The predicted octanol–water partition coefficient (Wildman–Crippen LogP) is 2.80. The molecule has 128 valence electrons. The maximum Gasteiger partial charge on any atom is 0.336 e. The van der Waals surface area contributed by atoms with E-state index in [4.69, 9.17) is 4.74 Å². The molecule has 0 amide bonds. The summed E-state index contributed by atoms with van der Waals surface area (Å²) in [6.07, 6.45) is 1.86. The fourth-order valence-corrected chi connectivity index (χ4v) is 3.11. The Kier molecular flexibility index (Phi) is 4.32. The first-order valence-electron chi connectivity index (χ1n) is 8.09. The molecule has 1 aliphatic heterocycles. The number of carbonyl (C=O) groups is 1. The van der Waals surface area contributed by atoms with Crippen LogP contribution in [0.1, 0.15) is 48.0 Å². The van der Waals surface area contributed by atoms with Gasteiger partial charge in [-0.05, 0) is 12.1 Å². The van der Waals surface area contributed by atoms with E-state index in [9.17, 15) is 9.90 Å². The van der Waals surface area contributed by atoms with E-state index in [2.05, 4.69) is 35.9 Å². The third kappa shape index (κ3) is 3.28. The first-order chi connectivity index (χ1) is 11.4. The van der Waals surface area contributed by atoms with Crippen LogP contribution < -0.4 is 4.74 Å². The van der Waals surface area contributed by atoms with Crippen molar-refractivity contribution in [3.8, 4) is 5.75 Å². The highest BCUT2D eigenvalue weighted by atomic mass is 16.5. The predicted molar refractivity (Wildman–Crippen MR) is 90.3 cm³/mol. The van der Waals surface area contributed by atoms with Crippen LogP contribution in [0.2, 0.25) is 0 Å². The number of ether oxygens (including phenoxy) is 1. The number of aromatic carboxylic acids is 1. The lowest BCUT2D eigenvalue weighted by atomic mass is 9.89. The number of carboxylic acid groups (broad SMARTS) is 1. The van der Waals surface area contributed by atoms with Gasteiger partial charge in [0, 0.05) is 41.9 Å². The van der Waals surface area contributed by atoms with Crippen molar-refractivity contribution in [2.75, 3.05) is 13.2 Å². The monoisotopic (exact) mass is 329 g/mol. The molecule has 0 aliphatic carbocycles. The number of aromatic nitrogens is 2. The second kappa shape index (κ2) is 6.28. The minimum atomic E-state index is -0.920. The summed E-state index contributed by atoms with van der Waals surface area (Å²) in [7, 11) is 0.